The molecule has 2 N–H and O–H groups in total. The summed E-state index contributed by atoms with van der Waals surface area (Å²) in [6.07, 6.45) is 1.94. The van der Waals surface area contributed by atoms with Crippen molar-refractivity contribution < 1.29 is 23.0 Å². The highest BCUT2D eigenvalue weighted by atomic mass is 16.5. The molecule has 0 atom stereocenters. The maximum absolute atomic E-state index is 6.20. The van der Waals surface area contributed by atoms with Gasteiger partial charge in [0, 0.05) is 18.2 Å². The predicted octanol–water partition coefficient (Wildman–Crippen LogP) is 3.45. The largest absolute Gasteiger partial charge is 0.493 e. The Morgan fingerprint density at radius 3 is 2.27 bits per heavy atom. The van der Waals surface area contributed by atoms with Gasteiger partial charge in [-0.25, -0.2) is 0 Å². The smallest absolute Gasteiger partial charge is 0.388 e. The van der Waals surface area contributed by atoms with Gasteiger partial charge in [-0.05, 0) is 11.5 Å². The molecule has 26 heavy (non-hydrogen) atoms. The highest BCUT2D eigenvalue weighted by Crippen LogP contribution is 2.41. The van der Waals surface area contributed by atoms with Crippen LogP contribution in [0.2, 0.25) is 0 Å². The predicted molar refractivity (Wildman–Crippen MR) is 98.9 cm³/mol. The van der Waals surface area contributed by atoms with Crippen molar-refractivity contribution in [3.63, 3.8) is 0 Å². The number of pyridine rings is 1. The third-order valence-corrected chi connectivity index (χ3v) is 4.43. The number of anilines is 1. The summed E-state index contributed by atoms with van der Waals surface area (Å²) in [5.74, 6) is 2.56. The fourth-order valence-corrected chi connectivity index (χ4v) is 3.24. The number of hydrogen-bond acceptors (Lipinski definition) is 5. The molecule has 2 heterocycles. The zero-order valence-electron chi connectivity index (χ0n) is 14.8. The van der Waals surface area contributed by atoms with Gasteiger partial charge in [0.2, 0.25) is 5.75 Å². The number of rotatable bonds is 4. The molecule has 4 aromatic rings. The van der Waals surface area contributed by atoms with Crippen molar-refractivity contribution >= 4 is 22.2 Å². The Morgan fingerprint density at radius 1 is 0.923 bits per heavy atom. The Hall–Kier alpha value is -3.41. The minimum absolute atomic E-state index is 0.352. The third-order valence-electron chi connectivity index (χ3n) is 4.43. The van der Waals surface area contributed by atoms with Crippen LogP contribution in [0.15, 0.2) is 53.1 Å². The first-order valence-corrected chi connectivity index (χ1v) is 8.09. The molecule has 0 saturated heterocycles. The third kappa shape index (κ3) is 2.30. The van der Waals surface area contributed by atoms with Gasteiger partial charge in [0.05, 0.1) is 32.3 Å². The lowest BCUT2D eigenvalue weighted by atomic mass is 10.1. The molecule has 6 nitrogen and oxygen atoms in total. The summed E-state index contributed by atoms with van der Waals surface area (Å²) in [5, 5.41) is 2.12. The summed E-state index contributed by atoms with van der Waals surface area (Å²) >= 11 is 0. The van der Waals surface area contributed by atoms with E-state index in [2.05, 4.69) is 0 Å². The molecule has 0 aliphatic heterocycles. The molecular formula is C20H19N2O4+. The number of aromatic nitrogens is 1. The fourth-order valence-electron chi connectivity index (χ4n) is 3.24. The van der Waals surface area contributed by atoms with E-state index in [0.29, 0.717) is 29.0 Å². The molecule has 0 aliphatic rings. The van der Waals surface area contributed by atoms with Crippen molar-refractivity contribution in [1.29, 1.82) is 0 Å². The number of ether oxygens (including phenoxy) is 3. The molecule has 0 unspecified atom stereocenters. The average Bonchev–Trinajstić information content (AvgIpc) is 3.03. The second-order valence-corrected chi connectivity index (χ2v) is 5.81. The zero-order valence-corrected chi connectivity index (χ0v) is 14.8. The van der Waals surface area contributed by atoms with Gasteiger partial charge in [0.15, 0.2) is 17.7 Å². The molecule has 0 spiro atoms. The molecule has 0 bridgehead atoms. The number of fused-ring (bicyclic) bond motifs is 3. The summed E-state index contributed by atoms with van der Waals surface area (Å²) in [5.41, 5.74) is 7.79. The van der Waals surface area contributed by atoms with Gasteiger partial charge in [0.25, 0.3) is 11.4 Å². The second kappa shape index (κ2) is 6.15. The summed E-state index contributed by atoms with van der Waals surface area (Å²) < 4.78 is 24.1. The SMILES string of the molecule is COc1cc(-c2oc(N)c3c4ccccc4cc[n+]23)cc(OC)c1OC. The van der Waals surface area contributed by atoms with E-state index in [4.69, 9.17) is 24.4 Å². The van der Waals surface area contributed by atoms with E-state index >= 15 is 0 Å². The second-order valence-electron chi connectivity index (χ2n) is 5.81. The Morgan fingerprint density at radius 2 is 1.62 bits per heavy atom. The molecule has 4 rings (SSSR count). The maximum atomic E-state index is 6.20. The van der Waals surface area contributed by atoms with E-state index < -0.39 is 0 Å². The molecular weight excluding hydrogens is 332 g/mol. The molecule has 132 valence electrons. The quantitative estimate of drug-likeness (QED) is 0.570. The van der Waals surface area contributed by atoms with Crippen LogP contribution in [0.4, 0.5) is 5.88 Å². The minimum Gasteiger partial charge on any atom is -0.493 e. The van der Waals surface area contributed by atoms with Gasteiger partial charge in [-0.1, -0.05) is 18.2 Å². The summed E-state index contributed by atoms with van der Waals surface area (Å²) in [4.78, 5) is 0. The Kier molecular flexibility index (Phi) is 3.80. The molecule has 0 amide bonds. The van der Waals surface area contributed by atoms with Crippen LogP contribution in [-0.4, -0.2) is 21.3 Å². The van der Waals surface area contributed by atoms with Crippen LogP contribution in [0.25, 0.3) is 27.7 Å². The fraction of sp³-hybridized carbons (Fsp3) is 0.150. The number of nitrogens with two attached hydrogens (primary N) is 1. The molecule has 0 radical (unpaired) electrons. The van der Waals surface area contributed by atoms with Crippen molar-refractivity contribution in [2.75, 3.05) is 27.1 Å². The van der Waals surface area contributed by atoms with E-state index in [-0.39, 0.29) is 0 Å². The van der Waals surface area contributed by atoms with E-state index in [9.17, 15) is 0 Å². The summed E-state index contributed by atoms with van der Waals surface area (Å²) in [7, 11) is 4.73. The lowest BCUT2D eigenvalue weighted by molar-refractivity contribution is -0.502. The van der Waals surface area contributed by atoms with Crippen LogP contribution in [0.5, 0.6) is 17.2 Å². The first-order valence-electron chi connectivity index (χ1n) is 8.09. The van der Waals surface area contributed by atoms with Crippen LogP contribution >= 0.6 is 0 Å². The molecule has 0 aliphatic carbocycles. The summed E-state index contributed by atoms with van der Waals surface area (Å²) in [6, 6.07) is 13.7. The first-order chi connectivity index (χ1) is 12.7. The van der Waals surface area contributed by atoms with Gasteiger partial charge in [-0.15, -0.1) is 4.40 Å². The molecule has 2 aromatic heterocycles. The van der Waals surface area contributed by atoms with Gasteiger partial charge < -0.3 is 24.4 Å². The molecule has 0 saturated carbocycles. The Labute approximate surface area is 150 Å². The maximum Gasteiger partial charge on any atom is 0.388 e. The van der Waals surface area contributed by atoms with Gasteiger partial charge in [-0.3, -0.25) is 0 Å². The van der Waals surface area contributed by atoms with E-state index in [0.717, 1.165) is 21.9 Å². The van der Waals surface area contributed by atoms with Crippen molar-refractivity contribution in [1.82, 2.24) is 0 Å². The zero-order chi connectivity index (χ0) is 18.3. The van der Waals surface area contributed by atoms with Gasteiger partial charge in [-0.2, -0.15) is 0 Å². The van der Waals surface area contributed by atoms with Crippen molar-refractivity contribution in [3.8, 4) is 28.7 Å². The molecule has 0 fully saturated rings. The number of benzene rings is 2. The lowest BCUT2D eigenvalue weighted by Crippen LogP contribution is -2.21. The molecule has 2 aromatic carbocycles. The number of hydrogen-bond donors (Lipinski definition) is 1. The minimum atomic E-state index is 0.352. The van der Waals surface area contributed by atoms with Crippen molar-refractivity contribution in [2.24, 2.45) is 0 Å². The number of methoxy groups -OCH3 is 3. The van der Waals surface area contributed by atoms with Crippen LogP contribution in [0.3, 0.4) is 0 Å². The van der Waals surface area contributed by atoms with Gasteiger partial charge in [0.1, 0.15) is 0 Å². The highest BCUT2D eigenvalue weighted by Gasteiger charge is 2.27. The van der Waals surface area contributed by atoms with Crippen LogP contribution in [-0.2, 0) is 0 Å². The van der Waals surface area contributed by atoms with Gasteiger partial charge >= 0.3 is 5.89 Å². The van der Waals surface area contributed by atoms with Crippen LogP contribution in [0, 0.1) is 0 Å². The van der Waals surface area contributed by atoms with Crippen molar-refractivity contribution in [3.05, 3.63) is 48.7 Å². The van der Waals surface area contributed by atoms with E-state index in [1.807, 2.05) is 53.1 Å². The monoisotopic (exact) mass is 351 g/mol. The first kappa shape index (κ1) is 16.1. The Balaban J connectivity index is 2.02. The van der Waals surface area contributed by atoms with E-state index in [1.165, 1.54) is 0 Å². The number of oxazole rings is 1. The lowest BCUT2D eigenvalue weighted by Gasteiger charge is -2.12. The van der Waals surface area contributed by atoms with Crippen molar-refractivity contribution in [2.45, 2.75) is 0 Å². The molecule has 6 heteroatoms. The Bertz CT molecular complexity index is 1090. The topological polar surface area (TPSA) is 71.0 Å². The van der Waals surface area contributed by atoms with Crippen LogP contribution in [0.1, 0.15) is 0 Å². The number of nitrogen functional groups attached to an aromatic ring is 1. The van der Waals surface area contributed by atoms with E-state index in [1.54, 1.807) is 21.3 Å². The standard InChI is InChI=1S/C20H19N2O4/c1-23-15-10-13(11-16(24-2)18(15)25-3)20-22-9-8-12-6-4-5-7-14(12)17(22)19(21)26-20/h4-11H,21H2,1-3H3/q+1. The summed E-state index contributed by atoms with van der Waals surface area (Å²) in [6.45, 7) is 0. The van der Waals surface area contributed by atoms with Crippen LogP contribution < -0.4 is 24.3 Å². The highest BCUT2D eigenvalue weighted by molar-refractivity contribution is 5.97. The average molecular weight is 351 g/mol. The number of nitrogens with zero attached hydrogens (tertiary/aromatic N) is 1. The normalized spacial score (nSPS) is 11.0.